The quantitative estimate of drug-likeness (QED) is 0.774. The molecule has 1 amide bonds. The number of ether oxygens (including phenoxy) is 1. The molecule has 0 bridgehead atoms. The van der Waals surface area contributed by atoms with Gasteiger partial charge >= 0.3 is 0 Å². The summed E-state index contributed by atoms with van der Waals surface area (Å²) in [6.45, 7) is 4.75. The highest BCUT2D eigenvalue weighted by Gasteiger charge is 2.29. The first-order valence-electron chi connectivity index (χ1n) is 8.86. The van der Waals surface area contributed by atoms with Crippen molar-refractivity contribution in [3.8, 4) is 0 Å². The first-order valence-corrected chi connectivity index (χ1v) is 10.7. The van der Waals surface area contributed by atoms with Crippen molar-refractivity contribution < 1.29 is 17.9 Å². The fourth-order valence-corrected chi connectivity index (χ4v) is 5.11. The van der Waals surface area contributed by atoms with Gasteiger partial charge in [0.05, 0.1) is 18.2 Å². The van der Waals surface area contributed by atoms with E-state index in [1.54, 1.807) is 6.07 Å². The zero-order valence-corrected chi connectivity index (χ0v) is 16.2. The van der Waals surface area contributed by atoms with E-state index in [4.69, 9.17) is 16.3 Å². The second kappa shape index (κ2) is 8.67. The van der Waals surface area contributed by atoms with E-state index in [1.165, 1.54) is 29.3 Å². The lowest BCUT2D eigenvalue weighted by Gasteiger charge is -2.26. The highest BCUT2D eigenvalue weighted by atomic mass is 35.5. The predicted octanol–water partition coefficient (Wildman–Crippen LogP) is 1.19. The summed E-state index contributed by atoms with van der Waals surface area (Å²) in [5, 5.41) is 2.97. The number of likely N-dealkylation sites (tertiary alicyclic amines) is 1. The fraction of sp³-hybridized carbons (Fsp3) is 0.588. The number of benzene rings is 1. The number of halogens is 1. The summed E-state index contributed by atoms with van der Waals surface area (Å²) in [6.07, 6.45) is 2.40. The minimum Gasteiger partial charge on any atom is -0.379 e. The number of amides is 1. The number of hydrogen-bond donors (Lipinski definition) is 1. The molecule has 1 N–H and O–H groups in total. The Bertz CT molecular complexity index is 744. The highest BCUT2D eigenvalue weighted by molar-refractivity contribution is 7.89. The molecule has 1 aromatic carbocycles. The molecule has 2 heterocycles. The number of nitrogens with zero attached hydrogens (tertiary/aromatic N) is 2. The van der Waals surface area contributed by atoms with Crippen molar-refractivity contribution in [3.05, 3.63) is 28.8 Å². The maximum atomic E-state index is 12.8. The Morgan fingerprint density at radius 1 is 1.15 bits per heavy atom. The first kappa shape index (κ1) is 19.6. The Hall–Kier alpha value is -1.19. The van der Waals surface area contributed by atoms with Crippen LogP contribution in [-0.4, -0.2) is 76.0 Å². The lowest BCUT2D eigenvalue weighted by atomic mass is 10.2. The van der Waals surface area contributed by atoms with Crippen LogP contribution in [0.25, 0.3) is 0 Å². The average Bonchev–Trinajstić information content (AvgIpc) is 3.16. The van der Waals surface area contributed by atoms with Gasteiger partial charge in [-0.1, -0.05) is 11.6 Å². The van der Waals surface area contributed by atoms with Crippen LogP contribution in [0.4, 0.5) is 0 Å². The van der Waals surface area contributed by atoms with Crippen LogP contribution in [0.5, 0.6) is 0 Å². The van der Waals surface area contributed by atoms with E-state index < -0.39 is 10.0 Å². The molecule has 0 unspecified atom stereocenters. The summed E-state index contributed by atoms with van der Waals surface area (Å²) in [6, 6.07) is 4.37. The summed E-state index contributed by atoms with van der Waals surface area (Å²) in [5.74, 6) is -0.292. The van der Waals surface area contributed by atoms with Crippen molar-refractivity contribution in [2.45, 2.75) is 17.7 Å². The summed E-state index contributed by atoms with van der Waals surface area (Å²) in [4.78, 5) is 14.7. The minimum atomic E-state index is -3.75. The third-order valence-corrected chi connectivity index (χ3v) is 7.07. The molecule has 0 radical (unpaired) electrons. The normalized spacial score (nSPS) is 19.6. The highest BCUT2D eigenvalue weighted by Crippen LogP contribution is 2.26. The number of carbonyl (C=O) groups is 1. The van der Waals surface area contributed by atoms with Crippen molar-refractivity contribution in [2.24, 2.45) is 0 Å². The van der Waals surface area contributed by atoms with Gasteiger partial charge in [0.25, 0.3) is 5.91 Å². The molecule has 2 fully saturated rings. The third kappa shape index (κ3) is 4.55. The number of nitrogens with one attached hydrogen (secondary N) is 1. The molecule has 7 nitrogen and oxygen atoms in total. The summed E-state index contributed by atoms with van der Waals surface area (Å²) >= 11 is 6.12. The van der Waals surface area contributed by atoms with Gasteiger partial charge in [-0.25, -0.2) is 8.42 Å². The molecule has 144 valence electrons. The maximum absolute atomic E-state index is 12.8. The van der Waals surface area contributed by atoms with E-state index in [9.17, 15) is 13.2 Å². The Kier molecular flexibility index (Phi) is 6.52. The van der Waals surface area contributed by atoms with Crippen LogP contribution in [-0.2, 0) is 14.8 Å². The first-order chi connectivity index (χ1) is 12.5. The second-order valence-corrected chi connectivity index (χ2v) is 8.78. The van der Waals surface area contributed by atoms with Crippen LogP contribution < -0.4 is 5.32 Å². The minimum absolute atomic E-state index is 0.0340. The molecule has 0 saturated carbocycles. The average molecular weight is 402 g/mol. The molecule has 0 aliphatic carbocycles. The molecule has 2 saturated heterocycles. The summed E-state index contributed by atoms with van der Waals surface area (Å²) in [7, 11) is -3.75. The number of sulfonamides is 1. The molecule has 9 heteroatoms. The predicted molar refractivity (Wildman–Crippen MR) is 99.0 cm³/mol. The number of rotatable bonds is 6. The van der Waals surface area contributed by atoms with Crippen LogP contribution in [0.2, 0.25) is 5.02 Å². The molecule has 0 atom stereocenters. The monoisotopic (exact) mass is 401 g/mol. The van der Waals surface area contributed by atoms with E-state index in [0.29, 0.717) is 25.3 Å². The largest absolute Gasteiger partial charge is 0.379 e. The van der Waals surface area contributed by atoms with Gasteiger partial charge in [0.15, 0.2) is 0 Å². The van der Waals surface area contributed by atoms with E-state index in [1.807, 2.05) is 0 Å². The van der Waals surface area contributed by atoms with Gasteiger partial charge in [-0.3, -0.25) is 4.79 Å². The summed E-state index contributed by atoms with van der Waals surface area (Å²) in [5.41, 5.74) is 0.294. The van der Waals surface area contributed by atoms with Crippen LogP contribution >= 0.6 is 11.6 Å². The van der Waals surface area contributed by atoms with Crippen molar-refractivity contribution in [1.82, 2.24) is 14.5 Å². The SMILES string of the molecule is O=C(NCCN1CCCC1)c1ccc(Cl)c(S(=O)(=O)N2CCOCC2)c1. The zero-order valence-electron chi connectivity index (χ0n) is 14.6. The maximum Gasteiger partial charge on any atom is 0.251 e. The van der Waals surface area contributed by atoms with E-state index in [2.05, 4.69) is 10.2 Å². The molecule has 2 aliphatic heterocycles. The van der Waals surface area contributed by atoms with Crippen molar-refractivity contribution in [2.75, 3.05) is 52.5 Å². The van der Waals surface area contributed by atoms with Gasteiger partial charge in [0, 0.05) is 31.7 Å². The van der Waals surface area contributed by atoms with Gasteiger partial charge in [-0.15, -0.1) is 0 Å². The molecule has 3 rings (SSSR count). The number of hydrogen-bond acceptors (Lipinski definition) is 5. The smallest absolute Gasteiger partial charge is 0.251 e. The van der Waals surface area contributed by atoms with Crippen LogP contribution in [0, 0.1) is 0 Å². The molecular weight excluding hydrogens is 378 g/mol. The fourth-order valence-electron chi connectivity index (χ4n) is 3.20. The lowest BCUT2D eigenvalue weighted by molar-refractivity contribution is 0.0730. The van der Waals surface area contributed by atoms with Crippen molar-refractivity contribution in [1.29, 1.82) is 0 Å². The third-order valence-electron chi connectivity index (χ3n) is 4.69. The van der Waals surface area contributed by atoms with Gasteiger partial charge in [0.1, 0.15) is 4.90 Å². The van der Waals surface area contributed by atoms with Gasteiger partial charge < -0.3 is 15.0 Å². The van der Waals surface area contributed by atoms with Crippen LogP contribution in [0.15, 0.2) is 23.1 Å². The Labute approximate surface area is 159 Å². The zero-order chi connectivity index (χ0) is 18.6. The Morgan fingerprint density at radius 2 is 1.85 bits per heavy atom. The second-order valence-electron chi connectivity index (χ2n) is 6.47. The lowest BCUT2D eigenvalue weighted by Crippen LogP contribution is -2.40. The Morgan fingerprint density at radius 3 is 2.54 bits per heavy atom. The standard InChI is InChI=1S/C17H24ClN3O4S/c18-15-4-3-14(17(22)19-5-8-20-6-1-2-7-20)13-16(15)26(23,24)21-9-11-25-12-10-21/h3-4,13H,1-2,5-12H2,(H,19,22). The molecule has 0 aromatic heterocycles. The summed E-state index contributed by atoms with van der Waals surface area (Å²) < 4.78 is 32.2. The van der Waals surface area contributed by atoms with E-state index >= 15 is 0 Å². The topological polar surface area (TPSA) is 79.0 Å². The number of carbonyl (C=O) groups excluding carboxylic acids is 1. The van der Waals surface area contributed by atoms with E-state index in [0.717, 1.165) is 19.6 Å². The van der Waals surface area contributed by atoms with Crippen LogP contribution in [0.3, 0.4) is 0 Å². The van der Waals surface area contributed by atoms with Crippen molar-refractivity contribution >= 4 is 27.5 Å². The van der Waals surface area contributed by atoms with Gasteiger partial charge in [-0.2, -0.15) is 4.31 Å². The van der Waals surface area contributed by atoms with Crippen LogP contribution in [0.1, 0.15) is 23.2 Å². The molecule has 26 heavy (non-hydrogen) atoms. The van der Waals surface area contributed by atoms with Crippen molar-refractivity contribution in [3.63, 3.8) is 0 Å². The molecule has 1 aromatic rings. The molecular formula is C17H24ClN3O4S. The Balaban J connectivity index is 1.69. The van der Waals surface area contributed by atoms with E-state index in [-0.39, 0.29) is 28.9 Å². The number of morpholine rings is 1. The molecule has 0 spiro atoms. The van der Waals surface area contributed by atoms with Gasteiger partial charge in [0.2, 0.25) is 10.0 Å². The van der Waals surface area contributed by atoms with Gasteiger partial charge in [-0.05, 0) is 44.1 Å². The molecule has 2 aliphatic rings.